The number of halogens is 3. The Morgan fingerprint density at radius 2 is 2.00 bits per heavy atom. The molecule has 0 saturated carbocycles. The molecule has 0 heterocycles. The second kappa shape index (κ2) is 5.63. The summed E-state index contributed by atoms with van der Waals surface area (Å²) in [5.74, 6) is 0. The number of aldehydes is 1. The number of hydrogen-bond donors (Lipinski definition) is 1. The van der Waals surface area contributed by atoms with E-state index in [1.165, 1.54) is 18.2 Å². The molecule has 1 rings (SSSR count). The third-order valence-corrected chi connectivity index (χ3v) is 2.15. The van der Waals surface area contributed by atoms with Crippen molar-refractivity contribution in [2.75, 3.05) is 6.54 Å². The molecule has 0 bridgehead atoms. The van der Waals surface area contributed by atoms with E-state index in [9.17, 15) is 18.0 Å². The number of hydrogen-bond acceptors (Lipinski definition) is 2. The topological polar surface area (TPSA) is 43.1 Å². The normalized spacial score (nSPS) is 12.0. The average molecular weight is 243 g/mol. The van der Waals surface area contributed by atoms with E-state index >= 15 is 0 Å². The van der Waals surface area contributed by atoms with Crippen molar-refractivity contribution in [2.45, 2.75) is 12.6 Å². The molecule has 0 aliphatic heterocycles. The van der Waals surface area contributed by atoms with Crippen LogP contribution in [0.4, 0.5) is 13.2 Å². The Hall–Kier alpha value is -1.62. The van der Waals surface area contributed by atoms with Gasteiger partial charge in [0.1, 0.15) is 6.29 Å². The van der Waals surface area contributed by atoms with Crippen LogP contribution in [0.2, 0.25) is 0 Å². The highest BCUT2D eigenvalue weighted by molar-refractivity contribution is 5.76. The van der Waals surface area contributed by atoms with Crippen molar-refractivity contribution >= 4 is 12.4 Å². The van der Waals surface area contributed by atoms with Gasteiger partial charge in [-0.15, -0.1) is 0 Å². The summed E-state index contributed by atoms with van der Waals surface area (Å²) in [5.41, 5.74) is 4.48. The average Bonchev–Trinajstić information content (AvgIpc) is 2.28. The van der Waals surface area contributed by atoms with Crippen LogP contribution in [0, 0.1) is 0 Å². The molecule has 92 valence electrons. The number of rotatable bonds is 4. The third kappa shape index (κ3) is 3.71. The zero-order valence-electron chi connectivity index (χ0n) is 9.00. The maximum atomic E-state index is 12.7. The highest BCUT2D eigenvalue weighted by atomic mass is 19.4. The molecule has 0 saturated heterocycles. The zero-order chi connectivity index (χ0) is 12.9. The minimum absolute atomic E-state index is 0.00769. The largest absolute Gasteiger partial charge is 0.417 e. The van der Waals surface area contributed by atoms with Crippen LogP contribution in [-0.2, 0) is 6.18 Å². The molecule has 0 amide bonds. The summed E-state index contributed by atoms with van der Waals surface area (Å²) in [4.78, 5) is 10.5. The molecule has 1 aromatic rings. The summed E-state index contributed by atoms with van der Waals surface area (Å²) < 4.78 is 38.1. The summed E-state index contributed by atoms with van der Waals surface area (Å²) in [5, 5.41) is 0. The number of nitrogens with two attached hydrogens (primary N) is 1. The monoisotopic (exact) mass is 243 g/mol. The van der Waals surface area contributed by atoms with Crippen LogP contribution in [-0.4, -0.2) is 12.8 Å². The first-order chi connectivity index (χ1) is 7.99. The summed E-state index contributed by atoms with van der Waals surface area (Å²) >= 11 is 0. The SMILES string of the molecule is NCCC=Cc1ccc(C=O)cc1C(F)(F)F. The van der Waals surface area contributed by atoms with Gasteiger partial charge in [-0.25, -0.2) is 0 Å². The predicted molar refractivity (Wildman–Crippen MR) is 59.5 cm³/mol. The Kier molecular flexibility index (Phi) is 4.45. The Morgan fingerprint density at radius 1 is 1.29 bits per heavy atom. The smallest absolute Gasteiger partial charge is 0.330 e. The molecular weight excluding hydrogens is 231 g/mol. The first-order valence-electron chi connectivity index (χ1n) is 5.02. The minimum atomic E-state index is -4.47. The predicted octanol–water partition coefficient (Wildman–Crippen LogP) is 2.88. The van der Waals surface area contributed by atoms with Crippen LogP contribution in [0.5, 0.6) is 0 Å². The van der Waals surface area contributed by atoms with Gasteiger partial charge in [0.15, 0.2) is 0 Å². The molecule has 0 unspecified atom stereocenters. The standard InChI is InChI=1S/C12H12F3NO/c13-12(14,15)11-7-9(8-17)4-5-10(11)3-1-2-6-16/h1,3-5,7-8H,2,6,16H2. The highest BCUT2D eigenvalue weighted by Crippen LogP contribution is 2.33. The van der Waals surface area contributed by atoms with Gasteiger partial charge in [0.2, 0.25) is 0 Å². The van der Waals surface area contributed by atoms with Crippen LogP contribution >= 0.6 is 0 Å². The lowest BCUT2D eigenvalue weighted by molar-refractivity contribution is -0.137. The van der Waals surface area contributed by atoms with Crippen molar-refractivity contribution in [3.63, 3.8) is 0 Å². The van der Waals surface area contributed by atoms with Crippen molar-refractivity contribution in [1.82, 2.24) is 0 Å². The van der Waals surface area contributed by atoms with E-state index in [0.29, 0.717) is 19.3 Å². The lowest BCUT2D eigenvalue weighted by Crippen LogP contribution is -2.08. The van der Waals surface area contributed by atoms with Crippen molar-refractivity contribution < 1.29 is 18.0 Å². The van der Waals surface area contributed by atoms with Crippen LogP contribution < -0.4 is 5.73 Å². The Labute approximate surface area is 96.9 Å². The van der Waals surface area contributed by atoms with E-state index in [1.54, 1.807) is 6.08 Å². The molecule has 5 heteroatoms. The van der Waals surface area contributed by atoms with E-state index in [0.717, 1.165) is 6.07 Å². The van der Waals surface area contributed by atoms with Crippen LogP contribution in [0.15, 0.2) is 24.3 Å². The van der Waals surface area contributed by atoms with Gasteiger partial charge in [-0.2, -0.15) is 13.2 Å². The maximum Gasteiger partial charge on any atom is 0.417 e. The summed E-state index contributed by atoms with van der Waals surface area (Å²) in [6.07, 6.45) is -0.633. The van der Waals surface area contributed by atoms with Gasteiger partial charge in [0.05, 0.1) is 5.56 Å². The molecule has 2 N–H and O–H groups in total. The van der Waals surface area contributed by atoms with Crippen molar-refractivity contribution in [3.8, 4) is 0 Å². The second-order valence-electron chi connectivity index (χ2n) is 3.44. The van der Waals surface area contributed by atoms with Crippen LogP contribution in [0.3, 0.4) is 0 Å². The fraction of sp³-hybridized carbons (Fsp3) is 0.250. The van der Waals surface area contributed by atoms with E-state index < -0.39 is 11.7 Å². The first-order valence-corrected chi connectivity index (χ1v) is 5.02. The van der Waals surface area contributed by atoms with Gasteiger partial charge < -0.3 is 5.73 Å². The molecule has 1 aromatic carbocycles. The zero-order valence-corrected chi connectivity index (χ0v) is 9.00. The number of carbonyl (C=O) groups is 1. The van der Waals surface area contributed by atoms with Gasteiger partial charge in [-0.3, -0.25) is 4.79 Å². The Morgan fingerprint density at radius 3 is 2.53 bits per heavy atom. The van der Waals surface area contributed by atoms with Gasteiger partial charge in [-0.05, 0) is 24.6 Å². The minimum Gasteiger partial charge on any atom is -0.330 e. The Bertz CT molecular complexity index is 424. The Balaban J connectivity index is 3.16. The second-order valence-corrected chi connectivity index (χ2v) is 3.44. The molecule has 0 radical (unpaired) electrons. The molecule has 0 spiro atoms. The lowest BCUT2D eigenvalue weighted by Gasteiger charge is -2.10. The van der Waals surface area contributed by atoms with Crippen LogP contribution in [0.25, 0.3) is 6.08 Å². The number of benzene rings is 1. The molecular formula is C12H12F3NO. The maximum absolute atomic E-state index is 12.7. The van der Waals surface area contributed by atoms with Crippen LogP contribution in [0.1, 0.15) is 27.9 Å². The van der Waals surface area contributed by atoms with Gasteiger partial charge in [0.25, 0.3) is 0 Å². The summed E-state index contributed by atoms with van der Waals surface area (Å²) in [6, 6.07) is 3.47. The molecule has 17 heavy (non-hydrogen) atoms. The van der Waals surface area contributed by atoms with E-state index in [1.807, 2.05) is 0 Å². The highest BCUT2D eigenvalue weighted by Gasteiger charge is 2.32. The molecule has 0 aliphatic rings. The van der Waals surface area contributed by atoms with E-state index in [-0.39, 0.29) is 11.1 Å². The number of carbonyl (C=O) groups excluding carboxylic acids is 1. The quantitative estimate of drug-likeness (QED) is 0.826. The van der Waals surface area contributed by atoms with Crippen molar-refractivity contribution in [3.05, 3.63) is 41.0 Å². The lowest BCUT2D eigenvalue weighted by atomic mass is 10.0. The summed E-state index contributed by atoms with van der Waals surface area (Å²) in [7, 11) is 0. The fourth-order valence-corrected chi connectivity index (χ4v) is 1.34. The van der Waals surface area contributed by atoms with Gasteiger partial charge >= 0.3 is 6.18 Å². The molecule has 0 fully saturated rings. The van der Waals surface area contributed by atoms with Crippen molar-refractivity contribution in [1.29, 1.82) is 0 Å². The van der Waals surface area contributed by atoms with E-state index in [2.05, 4.69) is 0 Å². The summed E-state index contributed by atoms with van der Waals surface area (Å²) in [6.45, 7) is 0.379. The van der Waals surface area contributed by atoms with Crippen molar-refractivity contribution in [2.24, 2.45) is 5.73 Å². The third-order valence-electron chi connectivity index (χ3n) is 2.15. The molecule has 0 atom stereocenters. The van der Waals surface area contributed by atoms with Gasteiger partial charge in [0, 0.05) is 5.56 Å². The van der Waals surface area contributed by atoms with E-state index in [4.69, 9.17) is 5.73 Å². The first kappa shape index (κ1) is 13.4. The molecule has 0 aliphatic carbocycles. The fourth-order valence-electron chi connectivity index (χ4n) is 1.34. The molecule has 2 nitrogen and oxygen atoms in total. The molecule has 0 aromatic heterocycles. The van der Waals surface area contributed by atoms with Gasteiger partial charge in [-0.1, -0.05) is 24.3 Å². The number of alkyl halides is 3.